The number of hydrogen-bond donors (Lipinski definition) is 0. The maximum Gasteiger partial charge on any atom is 0.119 e. The highest BCUT2D eigenvalue weighted by molar-refractivity contribution is 5.28. The molecule has 80 valence electrons. The van der Waals surface area contributed by atoms with E-state index < -0.39 is 0 Å². The van der Waals surface area contributed by atoms with Crippen LogP contribution in [0.4, 0.5) is 0 Å². The van der Waals surface area contributed by atoms with Crippen LogP contribution in [0.15, 0.2) is 24.3 Å². The van der Waals surface area contributed by atoms with Crippen LogP contribution in [-0.2, 0) is 6.42 Å². The molecule has 2 heteroatoms. The van der Waals surface area contributed by atoms with Crippen molar-refractivity contribution in [1.29, 1.82) is 5.26 Å². The van der Waals surface area contributed by atoms with Crippen LogP contribution >= 0.6 is 0 Å². The Hall–Kier alpha value is -1.49. The van der Waals surface area contributed by atoms with E-state index in [1.807, 2.05) is 24.3 Å². The van der Waals surface area contributed by atoms with Gasteiger partial charge in [-0.1, -0.05) is 26.0 Å². The number of rotatable bonds is 5. The lowest BCUT2D eigenvalue weighted by Gasteiger charge is -2.08. The van der Waals surface area contributed by atoms with E-state index in [-0.39, 0.29) is 0 Å². The van der Waals surface area contributed by atoms with E-state index in [9.17, 15) is 0 Å². The first-order chi connectivity index (χ1) is 7.22. The Morgan fingerprint density at radius 2 is 1.93 bits per heavy atom. The van der Waals surface area contributed by atoms with E-state index in [1.165, 1.54) is 0 Å². The minimum Gasteiger partial charge on any atom is -0.494 e. The standard InChI is InChI=1S/C13H17NO/c1-11(2)8-10-15-13-5-3-12(4-6-13)7-9-14/h3-6,11H,7-8,10H2,1-2H3. The van der Waals surface area contributed by atoms with E-state index in [2.05, 4.69) is 19.9 Å². The Kier molecular flexibility index (Phi) is 4.70. The summed E-state index contributed by atoms with van der Waals surface area (Å²) >= 11 is 0. The summed E-state index contributed by atoms with van der Waals surface area (Å²) in [6.07, 6.45) is 1.53. The number of ether oxygens (including phenoxy) is 1. The molecule has 1 rings (SSSR count). The van der Waals surface area contributed by atoms with Crippen LogP contribution < -0.4 is 4.74 Å². The van der Waals surface area contributed by atoms with Crippen molar-refractivity contribution in [3.05, 3.63) is 29.8 Å². The van der Waals surface area contributed by atoms with Gasteiger partial charge in [0.25, 0.3) is 0 Å². The largest absolute Gasteiger partial charge is 0.494 e. The topological polar surface area (TPSA) is 33.0 Å². The molecule has 2 nitrogen and oxygen atoms in total. The molecule has 0 heterocycles. The van der Waals surface area contributed by atoms with Gasteiger partial charge in [-0.2, -0.15) is 5.26 Å². The summed E-state index contributed by atoms with van der Waals surface area (Å²) in [6, 6.07) is 9.84. The maximum absolute atomic E-state index is 8.51. The molecule has 0 radical (unpaired) electrons. The van der Waals surface area contributed by atoms with Crippen LogP contribution in [0.1, 0.15) is 25.8 Å². The Bertz CT molecular complexity index is 321. The Balaban J connectivity index is 2.40. The second kappa shape index (κ2) is 6.08. The molecule has 0 atom stereocenters. The number of hydrogen-bond acceptors (Lipinski definition) is 2. The molecule has 0 saturated heterocycles. The number of nitrogens with zero attached hydrogens (tertiary/aromatic N) is 1. The molecule has 0 aliphatic rings. The van der Waals surface area contributed by atoms with Crippen molar-refractivity contribution in [3.8, 4) is 11.8 Å². The van der Waals surface area contributed by atoms with E-state index in [0.717, 1.165) is 24.3 Å². The highest BCUT2D eigenvalue weighted by Gasteiger charge is 1.97. The first-order valence-corrected chi connectivity index (χ1v) is 5.31. The molecule has 1 aromatic carbocycles. The lowest BCUT2D eigenvalue weighted by molar-refractivity contribution is 0.289. The summed E-state index contributed by atoms with van der Waals surface area (Å²) in [4.78, 5) is 0. The Morgan fingerprint density at radius 3 is 2.47 bits per heavy atom. The van der Waals surface area contributed by atoms with Crippen LogP contribution in [0.3, 0.4) is 0 Å². The van der Waals surface area contributed by atoms with Crippen molar-refractivity contribution in [3.63, 3.8) is 0 Å². The Morgan fingerprint density at radius 1 is 1.27 bits per heavy atom. The summed E-state index contributed by atoms with van der Waals surface area (Å²) in [5, 5.41) is 8.51. The van der Waals surface area contributed by atoms with Gasteiger partial charge in [-0.05, 0) is 30.0 Å². The molecular formula is C13H17NO. The van der Waals surface area contributed by atoms with Crippen LogP contribution in [0.5, 0.6) is 5.75 Å². The van der Waals surface area contributed by atoms with Gasteiger partial charge in [0.05, 0.1) is 19.1 Å². The summed E-state index contributed by atoms with van der Waals surface area (Å²) in [5.74, 6) is 1.56. The third kappa shape index (κ3) is 4.51. The molecule has 0 aliphatic heterocycles. The molecule has 1 aromatic rings. The minimum absolute atomic E-state index is 0.465. The van der Waals surface area contributed by atoms with E-state index in [0.29, 0.717) is 12.3 Å². The molecule has 0 N–H and O–H groups in total. The molecule has 15 heavy (non-hydrogen) atoms. The van der Waals surface area contributed by atoms with Gasteiger partial charge >= 0.3 is 0 Å². The highest BCUT2D eigenvalue weighted by Crippen LogP contribution is 2.13. The fraction of sp³-hybridized carbons (Fsp3) is 0.462. The first kappa shape index (κ1) is 11.6. The van der Waals surface area contributed by atoms with Gasteiger partial charge < -0.3 is 4.74 Å². The smallest absolute Gasteiger partial charge is 0.119 e. The zero-order chi connectivity index (χ0) is 11.1. The summed E-state index contributed by atoms with van der Waals surface area (Å²) in [5.41, 5.74) is 1.04. The van der Waals surface area contributed by atoms with Gasteiger partial charge in [0.15, 0.2) is 0 Å². The molecule has 0 bridgehead atoms. The third-order valence-corrected chi connectivity index (χ3v) is 2.17. The first-order valence-electron chi connectivity index (χ1n) is 5.31. The van der Waals surface area contributed by atoms with Gasteiger partial charge in [0.1, 0.15) is 5.75 Å². The van der Waals surface area contributed by atoms with Crippen LogP contribution in [0.2, 0.25) is 0 Å². The molecule has 0 spiro atoms. The van der Waals surface area contributed by atoms with Crippen LogP contribution in [-0.4, -0.2) is 6.61 Å². The fourth-order valence-electron chi connectivity index (χ4n) is 1.21. The third-order valence-electron chi connectivity index (χ3n) is 2.17. The highest BCUT2D eigenvalue weighted by atomic mass is 16.5. The van der Waals surface area contributed by atoms with Crippen LogP contribution in [0, 0.1) is 17.2 Å². The van der Waals surface area contributed by atoms with E-state index in [4.69, 9.17) is 10.00 Å². The van der Waals surface area contributed by atoms with Crippen molar-refractivity contribution in [2.24, 2.45) is 5.92 Å². The normalized spacial score (nSPS) is 10.0. The molecule has 0 aliphatic carbocycles. The van der Waals surface area contributed by atoms with Crippen molar-refractivity contribution in [1.82, 2.24) is 0 Å². The molecule has 0 saturated carbocycles. The average Bonchev–Trinajstić information content (AvgIpc) is 2.20. The van der Waals surface area contributed by atoms with Gasteiger partial charge in [-0.15, -0.1) is 0 Å². The minimum atomic E-state index is 0.465. The second-order valence-corrected chi connectivity index (χ2v) is 4.01. The van der Waals surface area contributed by atoms with Gasteiger partial charge in [-0.25, -0.2) is 0 Å². The van der Waals surface area contributed by atoms with E-state index >= 15 is 0 Å². The second-order valence-electron chi connectivity index (χ2n) is 4.01. The average molecular weight is 203 g/mol. The summed E-state index contributed by atoms with van der Waals surface area (Å²) < 4.78 is 5.57. The molecule has 0 amide bonds. The quantitative estimate of drug-likeness (QED) is 0.736. The van der Waals surface area contributed by atoms with Gasteiger partial charge in [0.2, 0.25) is 0 Å². The van der Waals surface area contributed by atoms with Gasteiger partial charge in [0, 0.05) is 0 Å². The molecule has 0 aromatic heterocycles. The van der Waals surface area contributed by atoms with Crippen molar-refractivity contribution in [2.75, 3.05) is 6.61 Å². The summed E-state index contributed by atoms with van der Waals surface area (Å²) in [6.45, 7) is 5.12. The maximum atomic E-state index is 8.51. The van der Waals surface area contributed by atoms with Gasteiger partial charge in [-0.3, -0.25) is 0 Å². The number of nitriles is 1. The molecular weight excluding hydrogens is 186 g/mol. The predicted molar refractivity (Wildman–Crippen MR) is 60.7 cm³/mol. The van der Waals surface area contributed by atoms with E-state index in [1.54, 1.807) is 0 Å². The lowest BCUT2D eigenvalue weighted by atomic mass is 10.1. The SMILES string of the molecule is CC(C)CCOc1ccc(CC#N)cc1. The van der Waals surface area contributed by atoms with Crippen molar-refractivity contribution in [2.45, 2.75) is 26.7 Å². The molecule has 0 fully saturated rings. The predicted octanol–water partition coefficient (Wildman–Crippen LogP) is 3.18. The van der Waals surface area contributed by atoms with Crippen molar-refractivity contribution >= 4 is 0 Å². The Labute approximate surface area is 91.5 Å². The van der Waals surface area contributed by atoms with Crippen LogP contribution in [0.25, 0.3) is 0 Å². The summed E-state index contributed by atoms with van der Waals surface area (Å²) in [7, 11) is 0. The zero-order valence-electron chi connectivity index (χ0n) is 9.36. The number of benzene rings is 1. The molecule has 0 unspecified atom stereocenters. The lowest BCUT2D eigenvalue weighted by Crippen LogP contribution is -2.01. The zero-order valence-corrected chi connectivity index (χ0v) is 9.36. The monoisotopic (exact) mass is 203 g/mol. The van der Waals surface area contributed by atoms with Crippen molar-refractivity contribution < 1.29 is 4.74 Å². The fourth-order valence-corrected chi connectivity index (χ4v) is 1.21.